The molecule has 244 valence electrons. The van der Waals surface area contributed by atoms with Gasteiger partial charge in [-0.25, -0.2) is 9.97 Å². The predicted molar refractivity (Wildman–Crippen MR) is 205 cm³/mol. The minimum absolute atomic E-state index is 0.939. The van der Waals surface area contributed by atoms with Crippen molar-refractivity contribution in [3.63, 3.8) is 0 Å². The zero-order valence-corrected chi connectivity index (χ0v) is 28.4. The Bertz CT molecular complexity index is 2160. The molecule has 0 amide bonds. The van der Waals surface area contributed by atoms with Crippen LogP contribution in [0.25, 0.3) is 46.4 Å². The molecular weight excluding hydrogens is 655 g/mol. The second kappa shape index (κ2) is 13.1. The quantitative estimate of drug-likeness (QED) is 0.167. The molecule has 0 atom stereocenters. The summed E-state index contributed by atoms with van der Waals surface area (Å²) >= 11 is -4.18. The number of nitrogens with zero attached hydrogens (tertiary/aromatic N) is 2. The molecule has 3 aromatic heterocycles. The molecule has 50 heavy (non-hydrogen) atoms. The van der Waals surface area contributed by atoms with Crippen LogP contribution in [0, 0.1) is 0 Å². The van der Waals surface area contributed by atoms with Crippen molar-refractivity contribution in [2.75, 3.05) is 0 Å². The van der Waals surface area contributed by atoms with Gasteiger partial charge in [0.05, 0.1) is 22.8 Å². The second-order valence-corrected chi connectivity index (χ2v) is 17.5. The maximum atomic E-state index is 13.0. The van der Waals surface area contributed by atoms with Crippen LogP contribution in [-0.4, -0.2) is 24.1 Å². The van der Waals surface area contributed by atoms with Gasteiger partial charge in [-0.15, -0.1) is 0 Å². The van der Waals surface area contributed by atoms with Crippen LogP contribution in [0.3, 0.4) is 0 Å². The molecule has 4 aromatic carbocycles. The Morgan fingerprint density at radius 1 is 0.340 bits per heavy atom. The molecule has 0 unspecified atom stereocenters. The molecule has 0 aliphatic carbocycles. The Labute approximate surface area is 291 Å². The monoisotopic (exact) mass is 690 g/mol. The van der Waals surface area contributed by atoms with Crippen molar-refractivity contribution in [1.82, 2.24) is 19.9 Å². The average molecular weight is 691 g/mol. The summed E-state index contributed by atoms with van der Waals surface area (Å²) in [5, 5.41) is 0. The SMILES string of the molecule is C1=Cc2cc3ccc(cc4nc(cc5ccc(cc1n2)[nH]5)C=C4)[nH]3.[OH][Mn]([c]1ccccc1)([c]1ccccc1)([c]1ccccc1)[c]1ccccc1. The van der Waals surface area contributed by atoms with Crippen molar-refractivity contribution >= 4 is 64.2 Å². The summed E-state index contributed by atoms with van der Waals surface area (Å²) in [4.78, 5) is 16.0. The van der Waals surface area contributed by atoms with Crippen molar-refractivity contribution < 1.29 is 16.3 Å². The molecule has 2 aliphatic heterocycles. The van der Waals surface area contributed by atoms with Crippen molar-refractivity contribution in [1.29, 1.82) is 0 Å². The Balaban J connectivity index is 0.000000145. The van der Waals surface area contributed by atoms with E-state index in [9.17, 15) is 4.19 Å². The van der Waals surface area contributed by atoms with Crippen molar-refractivity contribution in [3.05, 3.63) is 193 Å². The zero-order valence-electron chi connectivity index (χ0n) is 27.2. The summed E-state index contributed by atoms with van der Waals surface area (Å²) in [5.74, 6) is 0. The maximum absolute atomic E-state index is 13.0. The van der Waals surface area contributed by atoms with E-state index in [1.54, 1.807) is 0 Å². The third-order valence-electron chi connectivity index (χ3n) is 8.67. The van der Waals surface area contributed by atoms with E-state index in [1.165, 1.54) is 0 Å². The third kappa shape index (κ3) is 5.82. The fourth-order valence-corrected chi connectivity index (χ4v) is 12.7. The van der Waals surface area contributed by atoms with Gasteiger partial charge in [0.1, 0.15) is 0 Å². The number of rotatable bonds is 4. The van der Waals surface area contributed by atoms with E-state index < -0.39 is 12.1 Å². The average Bonchev–Trinajstić information content (AvgIpc) is 4.00. The predicted octanol–water partition coefficient (Wildman–Crippen LogP) is 7.54. The molecule has 5 heterocycles. The normalized spacial score (nSPS) is 12.8. The summed E-state index contributed by atoms with van der Waals surface area (Å²) in [5.41, 5.74) is 7.86. The van der Waals surface area contributed by atoms with Crippen LogP contribution in [0.5, 0.6) is 0 Å². The number of hydrogen-bond donors (Lipinski definition) is 3. The van der Waals surface area contributed by atoms with Crippen LogP contribution in [0.15, 0.2) is 170 Å². The van der Waals surface area contributed by atoms with Crippen LogP contribution in [0.1, 0.15) is 22.8 Å². The van der Waals surface area contributed by atoms with E-state index >= 15 is 0 Å². The molecule has 0 fully saturated rings. The Morgan fingerprint density at radius 2 is 0.580 bits per heavy atom. The van der Waals surface area contributed by atoms with E-state index in [0.29, 0.717) is 0 Å². The van der Waals surface area contributed by atoms with Crippen LogP contribution < -0.4 is 17.8 Å². The molecule has 0 spiro atoms. The number of hydrogen-bond acceptors (Lipinski definition) is 3. The topological polar surface area (TPSA) is 77.6 Å². The molecule has 0 saturated carbocycles. The molecule has 2 aliphatic rings. The van der Waals surface area contributed by atoms with Crippen LogP contribution in [-0.2, 0) is 12.1 Å². The van der Waals surface area contributed by atoms with Gasteiger partial charge in [0.15, 0.2) is 0 Å². The molecule has 8 bridgehead atoms. The third-order valence-corrected chi connectivity index (χ3v) is 15.6. The molecule has 6 heteroatoms. The summed E-state index contributed by atoms with van der Waals surface area (Å²) in [6.07, 6.45) is 8.09. The van der Waals surface area contributed by atoms with Gasteiger partial charge < -0.3 is 9.97 Å². The summed E-state index contributed by atoms with van der Waals surface area (Å²) < 4.78 is 16.9. The number of nitrogens with one attached hydrogen (secondary N) is 2. The first kappa shape index (κ1) is 31.2. The Hall–Kier alpha value is -6.04. The molecule has 7 aromatic rings. The van der Waals surface area contributed by atoms with Crippen molar-refractivity contribution in [2.45, 2.75) is 0 Å². The van der Waals surface area contributed by atoms with E-state index in [0.717, 1.165) is 62.7 Å². The van der Waals surface area contributed by atoms with E-state index in [1.807, 2.05) is 121 Å². The number of H-pyrrole nitrogens is 2. The number of aromatic nitrogens is 4. The first-order chi connectivity index (χ1) is 24.5. The fraction of sp³-hybridized carbons (Fsp3) is 0. The Kier molecular flexibility index (Phi) is 8.19. The van der Waals surface area contributed by atoms with Gasteiger partial charge >= 0.3 is 155 Å². The summed E-state index contributed by atoms with van der Waals surface area (Å²) in [7, 11) is 0. The van der Waals surface area contributed by atoms with Gasteiger partial charge in [-0.2, -0.15) is 0 Å². The zero-order chi connectivity index (χ0) is 33.8. The van der Waals surface area contributed by atoms with Crippen molar-refractivity contribution in [2.24, 2.45) is 0 Å². The van der Waals surface area contributed by atoms with Gasteiger partial charge in [0, 0.05) is 22.1 Å². The first-order valence-corrected chi connectivity index (χ1v) is 19.3. The molecule has 3 N–H and O–H groups in total. The standard InChI is InChI=1S/C20H14N4.4C6H5.Mn.H2O/c1-2-14-10-16-5-6-18(23-16)12-20-8-7-19(24-20)11-17-4-3-15(22-17)9-13(1)21-14;4*1-2-4-6-5-3-1;;/h1-12,21,24H;4*1-5H;;1H2/q;;;;;+1;/p-1. The molecule has 0 saturated heterocycles. The van der Waals surface area contributed by atoms with Gasteiger partial charge in [-0.1, -0.05) is 0 Å². The van der Waals surface area contributed by atoms with Gasteiger partial charge in [0.2, 0.25) is 0 Å². The van der Waals surface area contributed by atoms with Gasteiger partial charge in [-0.3, -0.25) is 0 Å². The van der Waals surface area contributed by atoms with Crippen LogP contribution in [0.4, 0.5) is 0 Å². The molecule has 9 rings (SSSR count). The number of aromatic amines is 2. The van der Waals surface area contributed by atoms with Crippen LogP contribution >= 0.6 is 0 Å². The second-order valence-electron chi connectivity index (χ2n) is 12.0. The van der Waals surface area contributed by atoms with E-state index in [-0.39, 0.29) is 0 Å². The number of benzene rings is 4. The minimum atomic E-state index is -4.18. The van der Waals surface area contributed by atoms with Crippen molar-refractivity contribution in [3.8, 4) is 0 Å². The van der Waals surface area contributed by atoms with Crippen LogP contribution in [0.2, 0.25) is 0 Å². The molecular formula is C44H35MnN4O. The number of fused-ring (bicyclic) bond motifs is 8. The summed E-state index contributed by atoms with van der Waals surface area (Å²) in [6, 6.07) is 56.9. The van der Waals surface area contributed by atoms with E-state index in [4.69, 9.17) is 0 Å². The Morgan fingerprint density at radius 3 is 0.820 bits per heavy atom. The fourth-order valence-electron chi connectivity index (χ4n) is 6.34. The van der Waals surface area contributed by atoms with Gasteiger partial charge in [-0.05, 0) is 72.8 Å². The first-order valence-electron chi connectivity index (χ1n) is 16.4. The van der Waals surface area contributed by atoms with Gasteiger partial charge in [0.25, 0.3) is 0 Å². The molecule has 5 nitrogen and oxygen atoms in total. The molecule has 0 radical (unpaired) electrons. The summed E-state index contributed by atoms with van der Waals surface area (Å²) in [6.45, 7) is 0. The van der Waals surface area contributed by atoms with E-state index in [2.05, 4.69) is 92.7 Å².